The molecule has 0 saturated carbocycles. The van der Waals surface area contributed by atoms with Crippen LogP contribution >= 0.6 is 22.7 Å². The maximum atomic E-state index is 5.26. The zero-order valence-corrected chi connectivity index (χ0v) is 29.4. The van der Waals surface area contributed by atoms with Crippen LogP contribution in [0.2, 0.25) is 0 Å². The minimum Gasteiger partial charge on any atom is -0.235 e. The van der Waals surface area contributed by atoms with Crippen LogP contribution in [0.4, 0.5) is 0 Å². The molecule has 244 valence electrons. The van der Waals surface area contributed by atoms with Gasteiger partial charge in [-0.25, -0.2) is 19.9 Å². The predicted molar refractivity (Wildman–Crippen MR) is 219 cm³/mol. The van der Waals surface area contributed by atoms with Crippen molar-refractivity contribution in [3.63, 3.8) is 0 Å². The summed E-state index contributed by atoms with van der Waals surface area (Å²) in [5.41, 5.74) is 9.77. The first-order valence-corrected chi connectivity index (χ1v) is 18.8. The maximum absolute atomic E-state index is 5.26. The molecular weight excluding hydrogens is 673 g/mol. The lowest BCUT2D eigenvalue weighted by Gasteiger charge is -2.10. The molecule has 52 heavy (non-hydrogen) atoms. The lowest BCUT2D eigenvalue weighted by Crippen LogP contribution is -2.00. The Kier molecular flexibility index (Phi) is 7.48. The van der Waals surface area contributed by atoms with Gasteiger partial charge in [-0.2, -0.15) is 0 Å². The quantitative estimate of drug-likeness (QED) is 0.173. The molecule has 0 aliphatic heterocycles. The molecule has 7 aromatic carbocycles. The number of thiazole rings is 1. The molecule has 0 fully saturated rings. The predicted octanol–water partition coefficient (Wildman–Crippen LogP) is 12.9. The third kappa shape index (κ3) is 5.46. The van der Waals surface area contributed by atoms with E-state index in [9.17, 15) is 0 Å². The molecule has 3 aromatic heterocycles. The minimum atomic E-state index is 0.645. The topological polar surface area (TPSA) is 51.6 Å². The first kappa shape index (κ1) is 30.5. The highest BCUT2D eigenvalue weighted by molar-refractivity contribution is 7.27. The molecule has 0 saturated heterocycles. The zero-order chi connectivity index (χ0) is 34.4. The first-order chi connectivity index (χ1) is 25.7. The van der Waals surface area contributed by atoms with E-state index >= 15 is 0 Å². The number of rotatable bonds is 6. The van der Waals surface area contributed by atoms with Crippen LogP contribution in [0.15, 0.2) is 170 Å². The van der Waals surface area contributed by atoms with Gasteiger partial charge in [0.25, 0.3) is 0 Å². The van der Waals surface area contributed by atoms with Gasteiger partial charge in [-0.15, -0.1) is 22.7 Å². The average molecular weight is 701 g/mol. The van der Waals surface area contributed by atoms with Crippen LogP contribution in [0.5, 0.6) is 0 Å². The Hall–Kier alpha value is -6.34. The van der Waals surface area contributed by atoms with Gasteiger partial charge in [-0.05, 0) is 40.5 Å². The fourth-order valence-electron chi connectivity index (χ4n) is 6.79. The monoisotopic (exact) mass is 700 g/mol. The number of aromatic nitrogens is 4. The number of thiophene rings is 1. The van der Waals surface area contributed by atoms with Crippen LogP contribution in [-0.4, -0.2) is 19.9 Å². The van der Waals surface area contributed by atoms with Gasteiger partial charge in [-0.1, -0.05) is 152 Å². The third-order valence-corrected chi connectivity index (χ3v) is 11.7. The van der Waals surface area contributed by atoms with Crippen molar-refractivity contribution in [3.05, 3.63) is 170 Å². The summed E-state index contributed by atoms with van der Waals surface area (Å²) in [6.07, 6.45) is 0. The Morgan fingerprint density at radius 1 is 0.327 bits per heavy atom. The largest absolute Gasteiger partial charge is 0.235 e. The molecule has 0 aliphatic rings. The fraction of sp³-hybridized carbons (Fsp3) is 0. The van der Waals surface area contributed by atoms with Crippen LogP contribution in [0, 0.1) is 0 Å². The molecule has 0 atom stereocenters. The van der Waals surface area contributed by atoms with Crippen molar-refractivity contribution in [1.29, 1.82) is 0 Å². The number of nitrogens with zero attached hydrogens (tertiary/aromatic N) is 4. The van der Waals surface area contributed by atoms with Gasteiger partial charge in [0.1, 0.15) is 5.01 Å². The van der Waals surface area contributed by atoms with Crippen LogP contribution in [-0.2, 0) is 0 Å². The van der Waals surface area contributed by atoms with Crippen LogP contribution in [0.3, 0.4) is 0 Å². The Labute approximate surface area is 308 Å². The molecule has 0 N–H and O–H groups in total. The van der Waals surface area contributed by atoms with Crippen molar-refractivity contribution in [3.8, 4) is 67.0 Å². The van der Waals surface area contributed by atoms with Gasteiger partial charge in [0.2, 0.25) is 0 Å². The van der Waals surface area contributed by atoms with Crippen molar-refractivity contribution >= 4 is 53.1 Å². The third-order valence-electron chi connectivity index (χ3n) is 9.42. The Bertz CT molecular complexity index is 2860. The van der Waals surface area contributed by atoms with E-state index in [2.05, 4.69) is 127 Å². The maximum Gasteiger partial charge on any atom is 0.165 e. The van der Waals surface area contributed by atoms with Gasteiger partial charge in [0, 0.05) is 42.4 Å². The average Bonchev–Trinajstić information content (AvgIpc) is 3.84. The molecule has 0 unspecified atom stereocenters. The molecule has 6 heteroatoms. The zero-order valence-electron chi connectivity index (χ0n) is 27.8. The van der Waals surface area contributed by atoms with Crippen molar-refractivity contribution in [1.82, 2.24) is 19.9 Å². The van der Waals surface area contributed by atoms with E-state index in [0.29, 0.717) is 17.5 Å². The second kappa shape index (κ2) is 12.8. The number of hydrogen-bond acceptors (Lipinski definition) is 6. The van der Waals surface area contributed by atoms with Crippen LogP contribution < -0.4 is 0 Å². The molecule has 3 heterocycles. The van der Waals surface area contributed by atoms with E-state index in [1.807, 2.05) is 42.5 Å². The lowest BCUT2D eigenvalue weighted by molar-refractivity contribution is 1.08. The summed E-state index contributed by atoms with van der Waals surface area (Å²) in [6, 6.07) is 59.1. The van der Waals surface area contributed by atoms with Crippen LogP contribution in [0.1, 0.15) is 0 Å². The molecule has 0 spiro atoms. The van der Waals surface area contributed by atoms with E-state index in [1.165, 1.54) is 31.5 Å². The highest BCUT2D eigenvalue weighted by atomic mass is 32.1. The standard InChI is InChI=1S/C46H28N4S2/c1-4-11-29(12-5-1)31-19-23-34(24-20-31)44-48-43(33-15-8-3-9-16-33)49-45(50-44)37-18-10-17-36-40-38(51-42(36)37)27-28-39-41(40)47-46(52-39)35-25-21-32(22-26-35)30-13-6-2-7-14-30/h1-28H. The fourth-order valence-corrected chi connectivity index (χ4v) is 8.99. The van der Waals surface area contributed by atoms with E-state index in [-0.39, 0.29) is 0 Å². The molecule has 10 aromatic rings. The molecule has 0 amide bonds. The molecule has 10 rings (SSSR count). The van der Waals surface area contributed by atoms with Crippen molar-refractivity contribution in [2.45, 2.75) is 0 Å². The van der Waals surface area contributed by atoms with Gasteiger partial charge in [-0.3, -0.25) is 0 Å². The van der Waals surface area contributed by atoms with E-state index in [4.69, 9.17) is 19.9 Å². The summed E-state index contributed by atoms with van der Waals surface area (Å²) in [5.74, 6) is 1.95. The number of benzene rings is 7. The number of hydrogen-bond donors (Lipinski definition) is 0. The lowest BCUT2D eigenvalue weighted by atomic mass is 10.0. The first-order valence-electron chi connectivity index (χ1n) is 17.1. The highest BCUT2D eigenvalue weighted by Crippen LogP contribution is 2.44. The smallest absolute Gasteiger partial charge is 0.165 e. The second-order valence-electron chi connectivity index (χ2n) is 12.6. The normalized spacial score (nSPS) is 11.5. The molecular formula is C46H28N4S2. The summed E-state index contributed by atoms with van der Waals surface area (Å²) in [6.45, 7) is 0. The summed E-state index contributed by atoms with van der Waals surface area (Å²) in [4.78, 5) is 20.5. The van der Waals surface area contributed by atoms with Gasteiger partial charge >= 0.3 is 0 Å². The molecule has 4 nitrogen and oxygen atoms in total. The van der Waals surface area contributed by atoms with Crippen molar-refractivity contribution in [2.24, 2.45) is 0 Å². The SMILES string of the molecule is c1ccc(-c2ccc(-c3nc(-c4ccccc4)nc(-c4cccc5c4sc4ccc6sc(-c7ccc(-c8ccccc8)cc7)nc6c45)n3)cc2)cc1. The highest BCUT2D eigenvalue weighted by Gasteiger charge is 2.19. The van der Waals surface area contributed by atoms with Crippen molar-refractivity contribution in [2.75, 3.05) is 0 Å². The van der Waals surface area contributed by atoms with Crippen LogP contribution in [0.25, 0.3) is 97.4 Å². The Balaban J connectivity index is 1.09. The van der Waals surface area contributed by atoms with Gasteiger partial charge in [0.15, 0.2) is 17.5 Å². The molecule has 0 radical (unpaired) electrons. The van der Waals surface area contributed by atoms with Gasteiger partial charge in [0.05, 0.1) is 10.2 Å². The Morgan fingerprint density at radius 2 is 0.808 bits per heavy atom. The summed E-state index contributed by atoms with van der Waals surface area (Å²) >= 11 is 3.51. The number of fused-ring (bicyclic) bond motifs is 5. The van der Waals surface area contributed by atoms with Crippen molar-refractivity contribution < 1.29 is 0 Å². The molecule has 0 bridgehead atoms. The summed E-state index contributed by atoms with van der Waals surface area (Å²) in [7, 11) is 0. The van der Waals surface area contributed by atoms with E-state index < -0.39 is 0 Å². The Morgan fingerprint density at radius 3 is 1.42 bits per heavy atom. The van der Waals surface area contributed by atoms with Gasteiger partial charge < -0.3 is 0 Å². The molecule has 0 aliphatic carbocycles. The summed E-state index contributed by atoms with van der Waals surface area (Å²) < 4.78 is 3.51. The van der Waals surface area contributed by atoms with E-state index in [1.54, 1.807) is 22.7 Å². The second-order valence-corrected chi connectivity index (χ2v) is 14.7. The van der Waals surface area contributed by atoms with E-state index in [0.717, 1.165) is 48.4 Å². The summed E-state index contributed by atoms with van der Waals surface area (Å²) in [5, 5.41) is 3.36. The minimum absolute atomic E-state index is 0.645.